The Balaban J connectivity index is 1.82. The van der Waals surface area contributed by atoms with Gasteiger partial charge >= 0.3 is 6.03 Å². The second-order valence-corrected chi connectivity index (χ2v) is 7.25. The molecule has 2 aromatic heterocycles. The molecule has 1 aromatic carbocycles. The number of rotatable bonds is 7. The number of nitrogens with one attached hydrogen (secondary N) is 2. The van der Waals surface area contributed by atoms with Gasteiger partial charge in [-0.1, -0.05) is 18.7 Å². The van der Waals surface area contributed by atoms with Crippen LogP contribution in [0.4, 0.5) is 16.3 Å². The third-order valence-electron chi connectivity index (χ3n) is 4.28. The summed E-state index contributed by atoms with van der Waals surface area (Å²) in [5, 5.41) is 5.39. The summed E-state index contributed by atoms with van der Waals surface area (Å²) in [6, 6.07) is 10.5. The Morgan fingerprint density at radius 2 is 1.94 bits per heavy atom. The average Bonchev–Trinajstić information content (AvgIpc) is 2.82. The summed E-state index contributed by atoms with van der Waals surface area (Å²) in [6.07, 6.45) is 11.6. The van der Waals surface area contributed by atoms with Crippen LogP contribution in [-0.2, 0) is 0 Å². The third-order valence-corrected chi connectivity index (χ3v) is 5.09. The summed E-state index contributed by atoms with van der Waals surface area (Å²) >= 11 is 1.49. The molecule has 3 rings (SSSR count). The molecule has 0 fully saturated rings. The number of allylic oxidation sites excluding steroid dienone is 3. The van der Waals surface area contributed by atoms with Crippen molar-refractivity contribution in [3.63, 3.8) is 0 Å². The summed E-state index contributed by atoms with van der Waals surface area (Å²) < 4.78 is 0. The van der Waals surface area contributed by atoms with Crippen molar-refractivity contribution in [1.29, 1.82) is 0 Å². The van der Waals surface area contributed by atoms with E-state index in [0.29, 0.717) is 23.0 Å². The van der Waals surface area contributed by atoms with Crippen molar-refractivity contribution >= 4 is 29.3 Å². The number of amides is 2. The summed E-state index contributed by atoms with van der Waals surface area (Å²) in [6.45, 7) is 3.58. The van der Waals surface area contributed by atoms with Crippen LogP contribution in [-0.4, -0.2) is 27.2 Å². The number of nitrogens with two attached hydrogens (primary N) is 2. The molecule has 6 N–H and O–H groups in total. The van der Waals surface area contributed by atoms with Crippen LogP contribution >= 0.6 is 11.8 Å². The van der Waals surface area contributed by atoms with Crippen LogP contribution in [0.5, 0.6) is 0 Å². The molecule has 0 bridgehead atoms. The zero-order valence-corrected chi connectivity index (χ0v) is 18.3. The van der Waals surface area contributed by atoms with Gasteiger partial charge in [-0.25, -0.2) is 14.8 Å². The van der Waals surface area contributed by atoms with Gasteiger partial charge in [-0.3, -0.25) is 4.98 Å². The summed E-state index contributed by atoms with van der Waals surface area (Å²) in [5.74, 6) is 0.884. The normalized spacial score (nSPS) is 11.3. The Morgan fingerprint density at radius 3 is 2.56 bits per heavy atom. The molecule has 0 saturated carbocycles. The number of carbonyl (C=O) groups is 1. The lowest BCUT2D eigenvalue weighted by Crippen LogP contribution is -2.28. The first-order valence-corrected chi connectivity index (χ1v) is 10.8. The van der Waals surface area contributed by atoms with Crippen LogP contribution in [0.25, 0.3) is 22.6 Å². The average molecular weight is 446 g/mol. The Labute approximate surface area is 190 Å². The van der Waals surface area contributed by atoms with Gasteiger partial charge < -0.3 is 22.1 Å². The Kier molecular flexibility index (Phi) is 7.60. The lowest BCUT2D eigenvalue weighted by molar-refractivity contribution is 0.254. The van der Waals surface area contributed by atoms with Crippen molar-refractivity contribution in [2.24, 2.45) is 5.73 Å². The molecular formula is C23H23N7OS. The molecule has 0 saturated heterocycles. The van der Waals surface area contributed by atoms with E-state index in [0.717, 1.165) is 21.7 Å². The van der Waals surface area contributed by atoms with Gasteiger partial charge in [0, 0.05) is 35.4 Å². The number of pyridine rings is 1. The molecule has 0 atom stereocenters. The number of aromatic nitrogens is 3. The summed E-state index contributed by atoms with van der Waals surface area (Å²) in [4.78, 5) is 26.3. The van der Waals surface area contributed by atoms with Crippen LogP contribution < -0.4 is 22.1 Å². The van der Waals surface area contributed by atoms with Gasteiger partial charge in [-0.15, -0.1) is 11.8 Å². The number of hydrogen-bond donors (Lipinski definition) is 4. The van der Waals surface area contributed by atoms with Gasteiger partial charge in [-0.2, -0.15) is 0 Å². The van der Waals surface area contributed by atoms with Gasteiger partial charge in [0.1, 0.15) is 5.82 Å². The van der Waals surface area contributed by atoms with E-state index in [2.05, 4.69) is 27.2 Å². The van der Waals surface area contributed by atoms with Gasteiger partial charge in [0.15, 0.2) is 5.82 Å². The monoisotopic (exact) mass is 445 g/mol. The molecule has 32 heavy (non-hydrogen) atoms. The number of hydrogen-bond acceptors (Lipinski definition) is 7. The van der Waals surface area contributed by atoms with Gasteiger partial charge in [0.2, 0.25) is 0 Å². The van der Waals surface area contributed by atoms with Crippen molar-refractivity contribution in [3.8, 4) is 22.6 Å². The highest BCUT2D eigenvalue weighted by molar-refractivity contribution is 7.98. The Hall–Kier alpha value is -4.11. The maximum absolute atomic E-state index is 12.2. The van der Waals surface area contributed by atoms with Gasteiger partial charge in [0.25, 0.3) is 0 Å². The van der Waals surface area contributed by atoms with Gasteiger partial charge in [-0.05, 0) is 48.7 Å². The van der Waals surface area contributed by atoms with Crippen molar-refractivity contribution in [2.45, 2.75) is 4.90 Å². The zero-order valence-electron chi connectivity index (χ0n) is 17.4. The molecule has 0 aliphatic heterocycles. The number of anilines is 2. The number of nitrogens with zero attached hydrogens (tertiary/aromatic N) is 3. The predicted molar refractivity (Wildman–Crippen MR) is 131 cm³/mol. The highest BCUT2D eigenvalue weighted by atomic mass is 32.2. The van der Waals surface area contributed by atoms with E-state index in [9.17, 15) is 4.79 Å². The maximum Gasteiger partial charge on any atom is 0.323 e. The highest BCUT2D eigenvalue weighted by Crippen LogP contribution is 2.34. The quantitative estimate of drug-likeness (QED) is 0.317. The van der Waals surface area contributed by atoms with Crippen molar-refractivity contribution < 1.29 is 4.79 Å². The number of thioether (sulfide) groups is 1. The topological polar surface area (TPSA) is 132 Å². The maximum atomic E-state index is 12.2. The smallest absolute Gasteiger partial charge is 0.323 e. The minimum atomic E-state index is -0.424. The Morgan fingerprint density at radius 1 is 1.16 bits per heavy atom. The van der Waals surface area contributed by atoms with E-state index in [1.807, 2.05) is 30.5 Å². The van der Waals surface area contributed by atoms with Crippen LogP contribution in [0.1, 0.15) is 0 Å². The van der Waals surface area contributed by atoms with E-state index in [4.69, 9.17) is 16.5 Å². The zero-order chi connectivity index (χ0) is 22.9. The number of urea groups is 1. The molecule has 9 heteroatoms. The second kappa shape index (κ2) is 10.8. The number of carbonyl (C=O) groups excluding carboxylic acids is 1. The number of nitrogen functional groups attached to an aromatic ring is 1. The number of benzene rings is 1. The highest BCUT2D eigenvalue weighted by Gasteiger charge is 2.15. The molecule has 0 spiro atoms. The SMILES string of the molecule is C=C/C=C\C(=C/N)NC(=O)Nc1ccc(-c2nc(N)c(SC)c(-c3cccnc3)n2)cc1. The molecule has 0 aliphatic carbocycles. The fourth-order valence-corrected chi connectivity index (χ4v) is 3.41. The van der Waals surface area contributed by atoms with Gasteiger partial charge in [0.05, 0.1) is 16.3 Å². The molecule has 3 aromatic rings. The minimum Gasteiger partial charge on any atom is -0.403 e. The standard InChI is InChI=1S/C23H23N7OS/c1-3-4-7-18(13-24)28-23(31)27-17-10-8-15(9-11-17)22-29-19(16-6-5-12-26-14-16)20(32-2)21(25)30-22/h3-14H,1,24H2,2H3,(H2,25,29,30)(H2,27,28,31)/b7-4-,18-13+. The molecule has 0 radical (unpaired) electrons. The van der Waals surface area contributed by atoms with E-state index in [1.54, 1.807) is 42.8 Å². The second-order valence-electron chi connectivity index (χ2n) is 6.43. The fourth-order valence-electron chi connectivity index (χ4n) is 2.80. The first kappa shape index (κ1) is 22.6. The largest absolute Gasteiger partial charge is 0.403 e. The van der Waals surface area contributed by atoms with Crippen LogP contribution in [0.2, 0.25) is 0 Å². The lowest BCUT2D eigenvalue weighted by Gasteiger charge is -2.12. The lowest BCUT2D eigenvalue weighted by atomic mass is 10.1. The van der Waals surface area contributed by atoms with E-state index in [-0.39, 0.29) is 0 Å². The first-order valence-electron chi connectivity index (χ1n) is 9.57. The third kappa shape index (κ3) is 5.52. The molecule has 0 unspecified atom stereocenters. The Bertz CT molecular complexity index is 1160. The molecule has 2 heterocycles. The van der Waals surface area contributed by atoms with Crippen molar-refractivity contribution in [3.05, 3.63) is 85.5 Å². The minimum absolute atomic E-state index is 0.400. The van der Waals surface area contributed by atoms with Crippen LogP contribution in [0.15, 0.2) is 90.4 Å². The fraction of sp³-hybridized carbons (Fsp3) is 0.0435. The molecule has 8 nitrogen and oxygen atoms in total. The summed E-state index contributed by atoms with van der Waals surface area (Å²) in [5.41, 5.74) is 15.1. The van der Waals surface area contributed by atoms with Crippen LogP contribution in [0.3, 0.4) is 0 Å². The molecule has 2 amide bonds. The molecule has 0 aliphatic rings. The van der Waals surface area contributed by atoms with Crippen molar-refractivity contribution in [1.82, 2.24) is 20.3 Å². The van der Waals surface area contributed by atoms with E-state index < -0.39 is 6.03 Å². The van der Waals surface area contributed by atoms with E-state index in [1.165, 1.54) is 18.0 Å². The first-order chi connectivity index (χ1) is 15.5. The molecule has 162 valence electrons. The molecular weight excluding hydrogens is 422 g/mol. The van der Waals surface area contributed by atoms with Crippen LogP contribution in [0, 0.1) is 0 Å². The van der Waals surface area contributed by atoms with Crippen molar-refractivity contribution in [2.75, 3.05) is 17.3 Å². The van der Waals surface area contributed by atoms with E-state index >= 15 is 0 Å². The summed E-state index contributed by atoms with van der Waals surface area (Å²) in [7, 11) is 0. The predicted octanol–water partition coefficient (Wildman–Crippen LogP) is 4.17.